The van der Waals surface area contributed by atoms with E-state index in [1.165, 1.54) is 7.11 Å². The van der Waals surface area contributed by atoms with Crippen LogP contribution in [-0.4, -0.2) is 65.6 Å². The number of hydrogen-bond acceptors (Lipinski definition) is 6. The Kier molecular flexibility index (Phi) is 4.44. The van der Waals surface area contributed by atoms with Crippen molar-refractivity contribution in [2.24, 2.45) is 16.5 Å². The molecule has 0 bridgehead atoms. The van der Waals surface area contributed by atoms with Crippen LogP contribution >= 0.6 is 0 Å². The van der Waals surface area contributed by atoms with E-state index in [4.69, 9.17) is 26.0 Å². The summed E-state index contributed by atoms with van der Waals surface area (Å²) in [5, 5.41) is 28.3. The van der Waals surface area contributed by atoms with Gasteiger partial charge in [-0.25, -0.2) is 4.99 Å². The molecule has 94 valence electrons. The Morgan fingerprint density at radius 2 is 2.00 bits per heavy atom. The van der Waals surface area contributed by atoms with Crippen LogP contribution in [0.25, 0.3) is 0 Å². The SMILES string of the molecule is COC1O[C@H](CO)[C@H](O)[C@H](O)[C@@H]1N=C(N)N. The highest BCUT2D eigenvalue weighted by atomic mass is 16.7. The maximum Gasteiger partial charge on any atom is 0.186 e. The van der Waals surface area contributed by atoms with E-state index >= 15 is 0 Å². The van der Waals surface area contributed by atoms with Gasteiger partial charge in [-0.05, 0) is 0 Å². The minimum atomic E-state index is -1.27. The summed E-state index contributed by atoms with van der Waals surface area (Å²) in [6.07, 6.45) is -4.38. The average Bonchev–Trinajstić information content (AvgIpc) is 2.25. The monoisotopic (exact) mass is 235 g/mol. The third kappa shape index (κ3) is 2.60. The van der Waals surface area contributed by atoms with Crippen LogP contribution in [0.5, 0.6) is 0 Å². The van der Waals surface area contributed by atoms with Gasteiger partial charge in [0.15, 0.2) is 12.2 Å². The van der Waals surface area contributed by atoms with Crippen LogP contribution in [0, 0.1) is 0 Å². The molecule has 1 unspecified atom stereocenters. The van der Waals surface area contributed by atoms with Crippen LogP contribution in [0.4, 0.5) is 0 Å². The number of aliphatic hydroxyl groups is 3. The number of rotatable bonds is 3. The first-order valence-electron chi connectivity index (χ1n) is 4.75. The van der Waals surface area contributed by atoms with Crippen molar-refractivity contribution in [3.63, 3.8) is 0 Å². The fourth-order valence-corrected chi connectivity index (χ4v) is 1.57. The Hall–Kier alpha value is -0.930. The topological polar surface area (TPSA) is 144 Å². The number of methoxy groups -OCH3 is 1. The van der Waals surface area contributed by atoms with E-state index in [9.17, 15) is 10.2 Å². The van der Waals surface area contributed by atoms with Gasteiger partial charge >= 0.3 is 0 Å². The van der Waals surface area contributed by atoms with Crippen LogP contribution in [-0.2, 0) is 9.47 Å². The summed E-state index contributed by atoms with van der Waals surface area (Å²) in [7, 11) is 1.35. The summed E-state index contributed by atoms with van der Waals surface area (Å²) in [4.78, 5) is 3.72. The largest absolute Gasteiger partial charge is 0.394 e. The van der Waals surface area contributed by atoms with E-state index in [1.54, 1.807) is 0 Å². The third-order valence-electron chi connectivity index (χ3n) is 2.38. The number of ether oxygens (including phenoxy) is 2. The molecule has 1 fully saturated rings. The second-order valence-corrected chi connectivity index (χ2v) is 3.49. The van der Waals surface area contributed by atoms with Crippen molar-refractivity contribution < 1.29 is 24.8 Å². The van der Waals surface area contributed by atoms with E-state index in [1.807, 2.05) is 0 Å². The van der Waals surface area contributed by atoms with Gasteiger partial charge < -0.3 is 36.3 Å². The Bertz CT molecular complexity index is 256. The van der Waals surface area contributed by atoms with Gasteiger partial charge in [-0.2, -0.15) is 0 Å². The second kappa shape index (κ2) is 5.41. The standard InChI is InChI=1S/C8H17N3O5/c1-15-7-4(11-8(9)10)6(14)5(13)3(2-12)16-7/h3-7,12-14H,2H2,1H3,(H4,9,10,11)/t3-,4+,5+,6-,7?/m1/s1. The number of guanidine groups is 1. The van der Waals surface area contributed by atoms with Gasteiger partial charge in [-0.15, -0.1) is 0 Å². The maximum absolute atomic E-state index is 9.75. The van der Waals surface area contributed by atoms with Gasteiger partial charge in [-0.1, -0.05) is 0 Å². The molecule has 0 amide bonds. The van der Waals surface area contributed by atoms with E-state index in [0.717, 1.165) is 0 Å². The van der Waals surface area contributed by atoms with Crippen LogP contribution in [0.15, 0.2) is 4.99 Å². The Balaban J connectivity index is 2.86. The number of nitrogens with zero attached hydrogens (tertiary/aromatic N) is 1. The van der Waals surface area contributed by atoms with Crippen molar-refractivity contribution in [3.05, 3.63) is 0 Å². The molecule has 0 aromatic rings. The van der Waals surface area contributed by atoms with Crippen molar-refractivity contribution in [2.75, 3.05) is 13.7 Å². The molecule has 8 heteroatoms. The molecule has 1 saturated heterocycles. The molecule has 8 nitrogen and oxygen atoms in total. The molecule has 1 heterocycles. The van der Waals surface area contributed by atoms with E-state index < -0.39 is 37.3 Å². The summed E-state index contributed by atoms with van der Waals surface area (Å²) < 4.78 is 10.1. The lowest BCUT2D eigenvalue weighted by atomic mass is 9.97. The minimum absolute atomic E-state index is 0.246. The van der Waals surface area contributed by atoms with Crippen LogP contribution in [0.3, 0.4) is 0 Å². The minimum Gasteiger partial charge on any atom is -0.394 e. The third-order valence-corrected chi connectivity index (χ3v) is 2.38. The highest BCUT2D eigenvalue weighted by Crippen LogP contribution is 2.23. The molecule has 1 aliphatic heterocycles. The van der Waals surface area contributed by atoms with Crippen molar-refractivity contribution in [2.45, 2.75) is 30.6 Å². The maximum atomic E-state index is 9.75. The molecule has 0 radical (unpaired) electrons. The molecule has 0 aromatic heterocycles. The van der Waals surface area contributed by atoms with Crippen molar-refractivity contribution in [1.29, 1.82) is 0 Å². The summed E-state index contributed by atoms with van der Waals surface area (Å²) in [5.74, 6) is -0.246. The average molecular weight is 235 g/mol. The second-order valence-electron chi connectivity index (χ2n) is 3.49. The number of aliphatic hydroxyl groups excluding tert-OH is 3. The predicted molar refractivity (Wildman–Crippen MR) is 54.4 cm³/mol. The van der Waals surface area contributed by atoms with Crippen LogP contribution in [0.1, 0.15) is 0 Å². The van der Waals surface area contributed by atoms with Crippen molar-refractivity contribution >= 4 is 5.96 Å². The molecule has 0 saturated carbocycles. The summed E-state index contributed by atoms with van der Waals surface area (Å²) in [5.41, 5.74) is 10.4. The summed E-state index contributed by atoms with van der Waals surface area (Å²) >= 11 is 0. The highest BCUT2D eigenvalue weighted by molar-refractivity contribution is 5.76. The van der Waals surface area contributed by atoms with Crippen molar-refractivity contribution in [1.82, 2.24) is 0 Å². The Morgan fingerprint density at radius 1 is 1.38 bits per heavy atom. The summed E-state index contributed by atoms with van der Waals surface area (Å²) in [6.45, 7) is -0.438. The van der Waals surface area contributed by atoms with Gasteiger partial charge in [-0.3, -0.25) is 0 Å². The number of aliphatic imine (C=N–C) groups is 1. The molecule has 16 heavy (non-hydrogen) atoms. The lowest BCUT2D eigenvalue weighted by molar-refractivity contribution is -0.257. The van der Waals surface area contributed by atoms with Gasteiger partial charge in [0, 0.05) is 7.11 Å². The smallest absolute Gasteiger partial charge is 0.186 e. The first-order chi connectivity index (χ1) is 7.51. The zero-order chi connectivity index (χ0) is 12.3. The zero-order valence-electron chi connectivity index (χ0n) is 8.85. The van der Waals surface area contributed by atoms with Crippen LogP contribution < -0.4 is 11.5 Å². The molecule has 5 atom stereocenters. The predicted octanol–water partition coefficient (Wildman–Crippen LogP) is -3.29. The fraction of sp³-hybridized carbons (Fsp3) is 0.875. The first-order valence-corrected chi connectivity index (χ1v) is 4.75. The van der Waals surface area contributed by atoms with Gasteiger partial charge in [0.25, 0.3) is 0 Å². The van der Waals surface area contributed by atoms with Gasteiger partial charge in [0.2, 0.25) is 0 Å². The first kappa shape index (κ1) is 13.1. The summed E-state index contributed by atoms with van der Waals surface area (Å²) in [6, 6.07) is -0.923. The highest BCUT2D eigenvalue weighted by Gasteiger charge is 2.44. The number of nitrogens with two attached hydrogens (primary N) is 2. The Morgan fingerprint density at radius 3 is 2.44 bits per heavy atom. The van der Waals surface area contributed by atoms with Gasteiger partial charge in [0.1, 0.15) is 24.4 Å². The van der Waals surface area contributed by atoms with E-state index in [-0.39, 0.29) is 5.96 Å². The van der Waals surface area contributed by atoms with Crippen molar-refractivity contribution in [3.8, 4) is 0 Å². The lowest BCUT2D eigenvalue weighted by Crippen LogP contribution is -2.58. The molecular formula is C8H17N3O5. The normalized spacial score (nSPS) is 39.4. The molecule has 0 aliphatic carbocycles. The Labute approximate surface area is 92.5 Å². The fourth-order valence-electron chi connectivity index (χ4n) is 1.57. The molecule has 7 N–H and O–H groups in total. The molecule has 0 spiro atoms. The van der Waals surface area contributed by atoms with Crippen LogP contribution in [0.2, 0.25) is 0 Å². The van der Waals surface area contributed by atoms with E-state index in [2.05, 4.69) is 4.99 Å². The molecular weight excluding hydrogens is 218 g/mol. The zero-order valence-corrected chi connectivity index (χ0v) is 8.85. The van der Waals surface area contributed by atoms with Gasteiger partial charge in [0.05, 0.1) is 6.61 Å². The van der Waals surface area contributed by atoms with E-state index in [0.29, 0.717) is 0 Å². The molecule has 1 rings (SSSR count). The number of hydrogen-bond donors (Lipinski definition) is 5. The quantitative estimate of drug-likeness (QED) is 0.255. The lowest BCUT2D eigenvalue weighted by Gasteiger charge is -2.39. The molecule has 1 aliphatic rings. The molecule has 0 aromatic carbocycles.